The van der Waals surface area contributed by atoms with E-state index >= 15 is 0 Å². The van der Waals surface area contributed by atoms with E-state index in [1.807, 2.05) is 29.8 Å². The largest absolute Gasteiger partial charge is 0.309 e. The van der Waals surface area contributed by atoms with Gasteiger partial charge in [-0.3, -0.25) is 4.98 Å². The third-order valence-corrected chi connectivity index (χ3v) is 5.32. The van der Waals surface area contributed by atoms with E-state index in [9.17, 15) is 0 Å². The third-order valence-electron chi connectivity index (χ3n) is 3.97. The summed E-state index contributed by atoms with van der Waals surface area (Å²) in [5.74, 6) is 0. The van der Waals surface area contributed by atoms with Crippen molar-refractivity contribution in [1.82, 2.24) is 10.3 Å². The van der Waals surface area contributed by atoms with Gasteiger partial charge in [0.25, 0.3) is 0 Å². The molecule has 0 aliphatic heterocycles. The van der Waals surface area contributed by atoms with Crippen molar-refractivity contribution >= 4 is 11.3 Å². The van der Waals surface area contributed by atoms with Crippen molar-refractivity contribution in [2.75, 3.05) is 6.54 Å². The monoisotopic (exact) mass is 286 g/mol. The number of aryl methyl sites for hydroxylation is 2. The number of rotatable bonds is 5. The fraction of sp³-hybridized carbons (Fsp3) is 0.471. The van der Waals surface area contributed by atoms with Gasteiger partial charge in [0.2, 0.25) is 0 Å². The normalized spacial score (nSPS) is 15.8. The van der Waals surface area contributed by atoms with E-state index in [1.165, 1.54) is 36.1 Å². The number of thiophene rings is 1. The summed E-state index contributed by atoms with van der Waals surface area (Å²) in [6.07, 6.45) is 10.1. The Kier molecular flexibility index (Phi) is 4.48. The number of aromatic nitrogens is 1. The van der Waals surface area contributed by atoms with Gasteiger partial charge >= 0.3 is 0 Å². The lowest BCUT2D eigenvalue weighted by molar-refractivity contribution is 0.557. The second-order valence-corrected chi connectivity index (χ2v) is 6.65. The lowest BCUT2D eigenvalue weighted by Gasteiger charge is -2.16. The van der Waals surface area contributed by atoms with E-state index in [2.05, 4.69) is 29.4 Å². The Hall–Kier alpha value is -1.19. The molecule has 1 aliphatic rings. The highest BCUT2D eigenvalue weighted by Gasteiger charge is 2.19. The number of fused-ring (bicyclic) bond motifs is 1. The Morgan fingerprint density at radius 2 is 2.25 bits per heavy atom. The molecule has 106 valence electrons. The van der Waals surface area contributed by atoms with Crippen molar-refractivity contribution < 1.29 is 0 Å². The van der Waals surface area contributed by atoms with E-state index in [4.69, 9.17) is 0 Å². The van der Waals surface area contributed by atoms with Gasteiger partial charge in [-0.15, -0.1) is 11.3 Å². The first-order valence-electron chi connectivity index (χ1n) is 7.60. The Morgan fingerprint density at radius 1 is 1.35 bits per heavy atom. The summed E-state index contributed by atoms with van der Waals surface area (Å²) in [6, 6.07) is 7.07. The van der Waals surface area contributed by atoms with Crippen molar-refractivity contribution in [2.24, 2.45) is 0 Å². The van der Waals surface area contributed by atoms with Gasteiger partial charge in [0.15, 0.2) is 0 Å². The molecule has 0 aromatic carbocycles. The minimum atomic E-state index is 0.430. The lowest BCUT2D eigenvalue weighted by Crippen LogP contribution is -2.22. The Morgan fingerprint density at radius 3 is 3.00 bits per heavy atom. The van der Waals surface area contributed by atoms with Gasteiger partial charge in [0.1, 0.15) is 0 Å². The standard InChI is InChI=1S/C17H22N2S/c1-2-19-15(10-13-6-5-9-18-12-13)17-11-14-7-3-4-8-16(14)20-17/h5-6,9,11-12,15,19H,2-4,7-8,10H2,1H3. The van der Waals surface area contributed by atoms with Crippen molar-refractivity contribution in [3.8, 4) is 0 Å². The fourth-order valence-electron chi connectivity index (χ4n) is 2.96. The van der Waals surface area contributed by atoms with Gasteiger partial charge in [0, 0.05) is 28.2 Å². The van der Waals surface area contributed by atoms with Crippen LogP contribution in [-0.4, -0.2) is 11.5 Å². The summed E-state index contributed by atoms with van der Waals surface area (Å²) >= 11 is 2.02. The van der Waals surface area contributed by atoms with Crippen LogP contribution in [0, 0.1) is 0 Å². The maximum atomic E-state index is 4.23. The third kappa shape index (κ3) is 3.10. The highest BCUT2D eigenvalue weighted by atomic mass is 32.1. The SMILES string of the molecule is CCNC(Cc1cccnc1)c1cc2c(s1)CCCC2. The highest BCUT2D eigenvalue weighted by Crippen LogP contribution is 2.34. The summed E-state index contributed by atoms with van der Waals surface area (Å²) in [5, 5.41) is 3.64. The zero-order valence-corrected chi connectivity index (χ0v) is 12.9. The number of pyridine rings is 1. The van der Waals surface area contributed by atoms with E-state index in [0.29, 0.717) is 6.04 Å². The molecule has 1 aliphatic carbocycles. The summed E-state index contributed by atoms with van der Waals surface area (Å²) < 4.78 is 0. The van der Waals surface area contributed by atoms with E-state index in [-0.39, 0.29) is 0 Å². The van der Waals surface area contributed by atoms with Crippen LogP contribution in [0.5, 0.6) is 0 Å². The first-order valence-corrected chi connectivity index (χ1v) is 8.42. The molecule has 0 saturated carbocycles. The second kappa shape index (κ2) is 6.51. The molecule has 0 amide bonds. The molecule has 0 radical (unpaired) electrons. The number of nitrogens with one attached hydrogen (secondary N) is 1. The van der Waals surface area contributed by atoms with Crippen molar-refractivity contribution in [3.63, 3.8) is 0 Å². The molecule has 0 spiro atoms. The van der Waals surface area contributed by atoms with Crippen LogP contribution < -0.4 is 5.32 Å². The Balaban J connectivity index is 1.81. The van der Waals surface area contributed by atoms with Crippen LogP contribution in [-0.2, 0) is 19.3 Å². The topological polar surface area (TPSA) is 24.9 Å². The maximum absolute atomic E-state index is 4.23. The quantitative estimate of drug-likeness (QED) is 0.901. The van der Waals surface area contributed by atoms with E-state index < -0.39 is 0 Å². The molecule has 1 N–H and O–H groups in total. The zero-order valence-electron chi connectivity index (χ0n) is 12.1. The van der Waals surface area contributed by atoms with Gasteiger partial charge in [-0.05, 0) is 61.9 Å². The minimum absolute atomic E-state index is 0.430. The molecule has 3 heteroatoms. The first-order chi connectivity index (χ1) is 9.86. The van der Waals surface area contributed by atoms with Crippen molar-refractivity contribution in [3.05, 3.63) is 51.5 Å². The average molecular weight is 286 g/mol. The van der Waals surface area contributed by atoms with Gasteiger partial charge in [-0.1, -0.05) is 13.0 Å². The predicted octanol–water partition coefficient (Wildman–Crippen LogP) is 3.92. The fourth-order valence-corrected chi connectivity index (χ4v) is 4.29. The van der Waals surface area contributed by atoms with E-state index in [1.54, 1.807) is 10.4 Å². The highest BCUT2D eigenvalue weighted by molar-refractivity contribution is 7.12. The molecule has 2 aromatic rings. The summed E-state index contributed by atoms with van der Waals surface area (Å²) in [4.78, 5) is 7.36. The summed E-state index contributed by atoms with van der Waals surface area (Å²) in [7, 11) is 0. The van der Waals surface area contributed by atoms with Crippen LogP contribution in [0.15, 0.2) is 30.6 Å². The van der Waals surface area contributed by atoms with Crippen LogP contribution >= 0.6 is 11.3 Å². The molecule has 1 atom stereocenters. The molecule has 20 heavy (non-hydrogen) atoms. The zero-order chi connectivity index (χ0) is 13.8. The van der Waals surface area contributed by atoms with Crippen LogP contribution in [0.1, 0.15) is 46.7 Å². The first kappa shape index (κ1) is 13.8. The molecule has 0 saturated heterocycles. The minimum Gasteiger partial charge on any atom is -0.309 e. The maximum Gasteiger partial charge on any atom is 0.0456 e. The molecule has 0 fully saturated rings. The molecule has 2 nitrogen and oxygen atoms in total. The molecule has 3 rings (SSSR count). The van der Waals surface area contributed by atoms with Crippen molar-refractivity contribution in [2.45, 2.75) is 45.1 Å². The summed E-state index contributed by atoms with van der Waals surface area (Å²) in [6.45, 7) is 3.19. The molecule has 1 unspecified atom stereocenters. The van der Waals surface area contributed by atoms with E-state index in [0.717, 1.165) is 13.0 Å². The summed E-state index contributed by atoms with van der Waals surface area (Å²) in [5.41, 5.74) is 2.91. The molecule has 2 aromatic heterocycles. The number of hydrogen-bond donors (Lipinski definition) is 1. The lowest BCUT2D eigenvalue weighted by atomic mass is 9.98. The predicted molar refractivity (Wildman–Crippen MR) is 85.3 cm³/mol. The van der Waals surface area contributed by atoms with Crippen molar-refractivity contribution in [1.29, 1.82) is 0 Å². The molecular formula is C17H22N2S. The Bertz CT molecular complexity index is 524. The van der Waals surface area contributed by atoms with Gasteiger partial charge in [0.05, 0.1) is 0 Å². The number of likely N-dealkylation sites (N-methyl/N-ethyl adjacent to an activating group) is 1. The molecular weight excluding hydrogens is 264 g/mol. The number of nitrogens with zero attached hydrogens (tertiary/aromatic N) is 1. The van der Waals surface area contributed by atoms with Gasteiger partial charge < -0.3 is 5.32 Å². The van der Waals surface area contributed by atoms with Gasteiger partial charge in [-0.2, -0.15) is 0 Å². The van der Waals surface area contributed by atoms with Crippen LogP contribution in [0.3, 0.4) is 0 Å². The van der Waals surface area contributed by atoms with Crippen LogP contribution in [0.2, 0.25) is 0 Å². The Labute approximate surface area is 125 Å². The second-order valence-electron chi connectivity index (χ2n) is 5.48. The molecule has 0 bridgehead atoms. The van der Waals surface area contributed by atoms with Gasteiger partial charge in [-0.25, -0.2) is 0 Å². The number of hydrogen-bond acceptors (Lipinski definition) is 3. The van der Waals surface area contributed by atoms with Crippen LogP contribution in [0.4, 0.5) is 0 Å². The average Bonchev–Trinajstić information content (AvgIpc) is 2.92. The smallest absolute Gasteiger partial charge is 0.0456 e. The van der Waals surface area contributed by atoms with Crippen LogP contribution in [0.25, 0.3) is 0 Å². The molecule has 2 heterocycles.